The standard InChI is InChI=1S/C23H23F2NO3S/c1-13-5-6-19(29-23(24)25)18(8-13)26-22(27)21-10-17(12-30-21)11-28-20-9-14(2)7-15(3)16(20)4/h5-10,12,23H,11H2,1-4H3,(H,26,27). The predicted molar refractivity (Wildman–Crippen MR) is 115 cm³/mol. The maximum Gasteiger partial charge on any atom is 0.387 e. The van der Waals surface area contributed by atoms with Gasteiger partial charge in [-0.2, -0.15) is 8.78 Å². The summed E-state index contributed by atoms with van der Waals surface area (Å²) in [5.74, 6) is 0.353. The summed E-state index contributed by atoms with van der Waals surface area (Å²) in [6, 6.07) is 10.5. The molecule has 0 aliphatic rings. The number of amides is 1. The van der Waals surface area contributed by atoms with E-state index in [0.717, 1.165) is 33.6 Å². The van der Waals surface area contributed by atoms with Crippen molar-refractivity contribution >= 4 is 22.9 Å². The van der Waals surface area contributed by atoms with Crippen LogP contribution in [0.4, 0.5) is 14.5 Å². The van der Waals surface area contributed by atoms with Gasteiger partial charge in [0.15, 0.2) is 0 Å². The molecule has 4 nitrogen and oxygen atoms in total. The molecule has 0 aliphatic carbocycles. The van der Waals surface area contributed by atoms with Gasteiger partial charge in [0.05, 0.1) is 10.6 Å². The van der Waals surface area contributed by atoms with Gasteiger partial charge >= 0.3 is 6.61 Å². The van der Waals surface area contributed by atoms with Crippen molar-refractivity contribution in [1.29, 1.82) is 0 Å². The summed E-state index contributed by atoms with van der Waals surface area (Å²) >= 11 is 1.27. The third-order valence-electron chi connectivity index (χ3n) is 4.64. The monoisotopic (exact) mass is 431 g/mol. The first-order valence-electron chi connectivity index (χ1n) is 9.38. The lowest BCUT2D eigenvalue weighted by atomic mass is 10.1. The Morgan fingerprint density at radius 3 is 2.53 bits per heavy atom. The molecule has 0 fully saturated rings. The Balaban J connectivity index is 1.69. The van der Waals surface area contributed by atoms with Gasteiger partial charge in [-0.1, -0.05) is 12.1 Å². The number of thiophene rings is 1. The number of nitrogens with one attached hydrogen (secondary N) is 1. The number of ether oxygens (including phenoxy) is 2. The molecule has 1 amide bonds. The lowest BCUT2D eigenvalue weighted by Gasteiger charge is -2.12. The fourth-order valence-corrected chi connectivity index (χ4v) is 3.80. The van der Waals surface area contributed by atoms with E-state index in [0.29, 0.717) is 11.5 Å². The van der Waals surface area contributed by atoms with Gasteiger partial charge in [0.1, 0.15) is 18.1 Å². The Labute approximate surface area is 178 Å². The van der Waals surface area contributed by atoms with Crippen LogP contribution in [0.25, 0.3) is 0 Å². The van der Waals surface area contributed by atoms with Gasteiger partial charge in [-0.05, 0) is 79.6 Å². The highest BCUT2D eigenvalue weighted by atomic mass is 32.1. The number of halogens is 2. The molecule has 1 N–H and O–H groups in total. The number of anilines is 1. The Hall–Kier alpha value is -2.93. The quantitative estimate of drug-likeness (QED) is 0.470. The highest BCUT2D eigenvalue weighted by molar-refractivity contribution is 7.12. The number of rotatable bonds is 7. The van der Waals surface area contributed by atoms with Crippen molar-refractivity contribution in [1.82, 2.24) is 0 Å². The minimum Gasteiger partial charge on any atom is -0.489 e. The summed E-state index contributed by atoms with van der Waals surface area (Å²) in [6.07, 6.45) is 0. The van der Waals surface area contributed by atoms with Crippen molar-refractivity contribution in [3.63, 3.8) is 0 Å². The van der Waals surface area contributed by atoms with Crippen LogP contribution in [-0.2, 0) is 6.61 Å². The SMILES string of the molecule is Cc1ccc(OC(F)F)c(NC(=O)c2cc(COc3cc(C)cc(C)c3C)cs2)c1. The Kier molecular flexibility index (Phi) is 6.72. The summed E-state index contributed by atoms with van der Waals surface area (Å²) in [7, 11) is 0. The number of carbonyl (C=O) groups is 1. The molecular formula is C23H23F2NO3S. The number of hydrogen-bond donors (Lipinski definition) is 1. The van der Waals surface area contributed by atoms with Gasteiger partial charge < -0.3 is 14.8 Å². The third-order valence-corrected chi connectivity index (χ3v) is 5.61. The first kappa shape index (κ1) is 21.8. The van der Waals surface area contributed by atoms with Crippen LogP contribution in [0.1, 0.15) is 37.5 Å². The number of carbonyl (C=O) groups excluding carboxylic acids is 1. The number of hydrogen-bond acceptors (Lipinski definition) is 4. The van der Waals surface area contributed by atoms with Crippen LogP contribution < -0.4 is 14.8 Å². The van der Waals surface area contributed by atoms with Crippen LogP contribution in [0.2, 0.25) is 0 Å². The highest BCUT2D eigenvalue weighted by Gasteiger charge is 2.15. The van der Waals surface area contributed by atoms with Crippen LogP contribution in [-0.4, -0.2) is 12.5 Å². The lowest BCUT2D eigenvalue weighted by Crippen LogP contribution is -2.13. The zero-order valence-electron chi connectivity index (χ0n) is 17.2. The second kappa shape index (κ2) is 9.26. The number of benzene rings is 2. The van der Waals surface area contributed by atoms with Gasteiger partial charge in [0.25, 0.3) is 5.91 Å². The molecule has 0 unspecified atom stereocenters. The van der Waals surface area contributed by atoms with Crippen molar-refractivity contribution in [2.45, 2.75) is 40.9 Å². The van der Waals surface area contributed by atoms with Crippen LogP contribution >= 0.6 is 11.3 Å². The van der Waals surface area contributed by atoms with E-state index in [1.165, 1.54) is 17.4 Å². The molecule has 3 rings (SSSR count). The molecule has 30 heavy (non-hydrogen) atoms. The molecule has 0 aliphatic heterocycles. The molecule has 1 aromatic heterocycles. The molecule has 1 heterocycles. The van der Waals surface area contributed by atoms with Crippen LogP contribution in [0.3, 0.4) is 0 Å². The summed E-state index contributed by atoms with van der Waals surface area (Å²) in [4.78, 5) is 13.1. The molecule has 0 atom stereocenters. The normalized spacial score (nSPS) is 10.9. The maximum atomic E-state index is 12.6. The average molecular weight is 432 g/mol. The van der Waals surface area contributed by atoms with E-state index in [-0.39, 0.29) is 11.4 Å². The third kappa shape index (κ3) is 5.36. The van der Waals surface area contributed by atoms with E-state index in [9.17, 15) is 13.6 Å². The molecule has 3 aromatic rings. The zero-order chi connectivity index (χ0) is 21.8. The van der Waals surface area contributed by atoms with Crippen LogP contribution in [0.5, 0.6) is 11.5 Å². The van der Waals surface area contributed by atoms with Gasteiger partial charge in [-0.15, -0.1) is 11.3 Å². The van der Waals surface area contributed by atoms with Crippen molar-refractivity contribution in [2.24, 2.45) is 0 Å². The number of alkyl halides is 2. The van der Waals surface area contributed by atoms with E-state index < -0.39 is 12.5 Å². The second-order valence-electron chi connectivity index (χ2n) is 7.15. The molecule has 7 heteroatoms. The second-order valence-corrected chi connectivity index (χ2v) is 8.06. The molecule has 0 radical (unpaired) electrons. The van der Waals surface area contributed by atoms with E-state index >= 15 is 0 Å². The topological polar surface area (TPSA) is 47.6 Å². The van der Waals surface area contributed by atoms with E-state index in [4.69, 9.17) is 4.74 Å². The van der Waals surface area contributed by atoms with Crippen LogP contribution in [0, 0.1) is 27.7 Å². The van der Waals surface area contributed by atoms with E-state index in [2.05, 4.69) is 16.1 Å². The average Bonchev–Trinajstić information content (AvgIpc) is 3.14. The summed E-state index contributed by atoms with van der Waals surface area (Å²) in [5, 5.41) is 4.50. The Morgan fingerprint density at radius 1 is 1.03 bits per heavy atom. The summed E-state index contributed by atoms with van der Waals surface area (Å²) < 4.78 is 35.7. The fraction of sp³-hybridized carbons (Fsp3) is 0.261. The first-order chi connectivity index (χ1) is 14.2. The summed E-state index contributed by atoms with van der Waals surface area (Å²) in [6.45, 7) is 5.23. The van der Waals surface area contributed by atoms with Gasteiger partial charge in [-0.3, -0.25) is 4.79 Å². The molecule has 2 aromatic carbocycles. The highest BCUT2D eigenvalue weighted by Crippen LogP contribution is 2.29. The molecule has 0 saturated carbocycles. The van der Waals surface area contributed by atoms with Gasteiger partial charge in [0.2, 0.25) is 0 Å². The van der Waals surface area contributed by atoms with Crippen molar-refractivity contribution in [3.05, 3.63) is 74.5 Å². The maximum absolute atomic E-state index is 12.6. The van der Waals surface area contributed by atoms with Crippen molar-refractivity contribution in [3.8, 4) is 11.5 Å². The zero-order valence-corrected chi connectivity index (χ0v) is 18.0. The predicted octanol–water partition coefficient (Wildman–Crippen LogP) is 6.41. The molecule has 158 valence electrons. The lowest BCUT2D eigenvalue weighted by molar-refractivity contribution is -0.0493. The summed E-state index contributed by atoms with van der Waals surface area (Å²) in [5.41, 5.74) is 5.25. The van der Waals surface area contributed by atoms with E-state index in [1.807, 2.05) is 32.2 Å². The van der Waals surface area contributed by atoms with Crippen molar-refractivity contribution in [2.75, 3.05) is 5.32 Å². The Morgan fingerprint density at radius 2 is 1.80 bits per heavy atom. The first-order valence-corrected chi connectivity index (χ1v) is 10.3. The molecule has 0 bridgehead atoms. The van der Waals surface area contributed by atoms with Gasteiger partial charge in [0, 0.05) is 5.56 Å². The Bertz CT molecular complexity index is 1060. The minimum atomic E-state index is -2.97. The minimum absolute atomic E-state index is 0.0747. The molecule has 0 spiro atoms. The molecule has 0 saturated heterocycles. The largest absolute Gasteiger partial charge is 0.489 e. The van der Waals surface area contributed by atoms with Crippen molar-refractivity contribution < 1.29 is 23.0 Å². The van der Waals surface area contributed by atoms with Crippen LogP contribution in [0.15, 0.2) is 41.8 Å². The fourth-order valence-electron chi connectivity index (χ4n) is 3.01. The smallest absolute Gasteiger partial charge is 0.387 e. The van der Waals surface area contributed by atoms with Gasteiger partial charge in [-0.25, -0.2) is 0 Å². The number of aryl methyl sites for hydroxylation is 3. The van der Waals surface area contributed by atoms with E-state index in [1.54, 1.807) is 25.1 Å². The molecular weight excluding hydrogens is 408 g/mol.